The monoisotopic (exact) mass is 507 g/mol. The van der Waals surface area contributed by atoms with E-state index in [9.17, 15) is 19.5 Å². The van der Waals surface area contributed by atoms with Crippen LogP contribution in [0.5, 0.6) is 5.75 Å². The predicted octanol–water partition coefficient (Wildman–Crippen LogP) is 4.29. The summed E-state index contributed by atoms with van der Waals surface area (Å²) < 4.78 is 10.5. The fraction of sp³-hybridized carbons (Fsp3) is 0.269. The summed E-state index contributed by atoms with van der Waals surface area (Å²) in [5.74, 6) is -1.69. The summed E-state index contributed by atoms with van der Waals surface area (Å²) in [6.45, 7) is 6.23. The van der Waals surface area contributed by atoms with Crippen LogP contribution in [0.15, 0.2) is 54.4 Å². The summed E-state index contributed by atoms with van der Waals surface area (Å²) in [5, 5.41) is 11.4. The molecule has 1 aliphatic heterocycles. The lowest BCUT2D eigenvalue weighted by molar-refractivity contribution is -0.132. The van der Waals surface area contributed by atoms with Gasteiger partial charge in [-0.15, -0.1) is 0 Å². The fourth-order valence-electron chi connectivity index (χ4n) is 3.78. The van der Waals surface area contributed by atoms with Crippen molar-refractivity contribution < 1.29 is 29.0 Å². The smallest absolute Gasteiger partial charge is 0.350 e. The van der Waals surface area contributed by atoms with Crippen LogP contribution in [0.25, 0.3) is 5.76 Å². The third-order valence-corrected chi connectivity index (χ3v) is 6.65. The molecule has 0 aliphatic carbocycles. The van der Waals surface area contributed by atoms with E-state index in [-0.39, 0.29) is 21.3 Å². The van der Waals surface area contributed by atoms with E-state index < -0.39 is 23.7 Å². The molecule has 1 unspecified atom stereocenters. The molecule has 4 rings (SSSR count). The van der Waals surface area contributed by atoms with Gasteiger partial charge in [0, 0.05) is 18.0 Å². The summed E-state index contributed by atoms with van der Waals surface area (Å²) in [7, 11) is 1.25. The molecule has 0 bridgehead atoms. The van der Waals surface area contributed by atoms with Gasteiger partial charge >= 0.3 is 11.9 Å². The normalized spacial score (nSPS) is 17.0. The number of carbonyl (C=O) groups is 3. The Labute approximate surface area is 212 Å². The van der Waals surface area contributed by atoms with Crippen molar-refractivity contribution >= 4 is 39.9 Å². The number of nitrogens with zero attached hydrogens (tertiary/aromatic N) is 3. The number of ether oxygens (including phenoxy) is 2. The Balaban J connectivity index is 1.81. The van der Waals surface area contributed by atoms with Gasteiger partial charge in [-0.05, 0) is 48.7 Å². The van der Waals surface area contributed by atoms with Gasteiger partial charge in [0.15, 0.2) is 5.13 Å². The molecule has 1 N–H and O–H groups in total. The van der Waals surface area contributed by atoms with Crippen LogP contribution in [0.2, 0.25) is 0 Å². The number of methoxy groups -OCH3 is 1. The van der Waals surface area contributed by atoms with E-state index in [1.54, 1.807) is 49.5 Å². The molecule has 3 heterocycles. The zero-order valence-electron chi connectivity index (χ0n) is 20.2. The Morgan fingerprint density at radius 3 is 2.53 bits per heavy atom. The van der Waals surface area contributed by atoms with Crippen molar-refractivity contribution in [3.8, 4) is 5.75 Å². The van der Waals surface area contributed by atoms with Crippen molar-refractivity contribution in [2.24, 2.45) is 5.92 Å². The second kappa shape index (κ2) is 10.3. The maximum Gasteiger partial charge on any atom is 0.350 e. The van der Waals surface area contributed by atoms with E-state index in [0.29, 0.717) is 35.1 Å². The summed E-state index contributed by atoms with van der Waals surface area (Å²) in [5.41, 5.74) is 1.12. The van der Waals surface area contributed by atoms with Gasteiger partial charge in [0.25, 0.3) is 5.78 Å². The van der Waals surface area contributed by atoms with Gasteiger partial charge in [0.05, 0.1) is 31.0 Å². The summed E-state index contributed by atoms with van der Waals surface area (Å²) in [6.07, 6.45) is 3.08. The number of hydrogen-bond acceptors (Lipinski definition) is 9. The molecule has 1 aliphatic rings. The number of aliphatic hydroxyl groups is 1. The Hall–Kier alpha value is -4.05. The van der Waals surface area contributed by atoms with E-state index in [1.807, 2.05) is 13.8 Å². The number of amides is 1. The first kappa shape index (κ1) is 25.1. The molecule has 1 saturated heterocycles. The number of pyridine rings is 1. The molecule has 36 heavy (non-hydrogen) atoms. The van der Waals surface area contributed by atoms with Crippen LogP contribution in [0.3, 0.4) is 0 Å². The number of ketones is 1. The molecule has 1 amide bonds. The minimum Gasteiger partial charge on any atom is -0.507 e. The van der Waals surface area contributed by atoms with Crippen molar-refractivity contribution in [3.63, 3.8) is 0 Å². The standard InChI is InChI=1S/C26H25N3O6S/c1-14(2)13-35-18-9-7-16(8-10-18)21(30)19-20(17-6-5-11-27-12-17)29(24(32)22(19)31)26-28-15(3)23(36-26)25(33)34-4/h5-12,14,20,30H,13H2,1-4H3. The number of hydrogen-bond donors (Lipinski definition) is 1. The Bertz CT molecular complexity index is 1330. The van der Waals surface area contributed by atoms with E-state index >= 15 is 0 Å². The lowest BCUT2D eigenvalue weighted by Gasteiger charge is -2.22. The van der Waals surface area contributed by atoms with E-state index in [4.69, 9.17) is 9.47 Å². The number of aromatic nitrogens is 2. The molecule has 0 radical (unpaired) electrons. The largest absolute Gasteiger partial charge is 0.507 e. The van der Waals surface area contributed by atoms with Crippen molar-refractivity contribution in [1.29, 1.82) is 0 Å². The van der Waals surface area contributed by atoms with Gasteiger partial charge < -0.3 is 14.6 Å². The molecule has 9 nitrogen and oxygen atoms in total. The number of anilines is 1. The lowest BCUT2D eigenvalue weighted by Crippen LogP contribution is -2.29. The van der Waals surface area contributed by atoms with Gasteiger partial charge in [0.2, 0.25) is 0 Å². The molecule has 10 heteroatoms. The molecule has 1 atom stereocenters. The fourth-order valence-corrected chi connectivity index (χ4v) is 4.79. The Kier molecular flexibility index (Phi) is 7.16. The number of thiazole rings is 1. The van der Waals surface area contributed by atoms with Crippen molar-refractivity contribution in [1.82, 2.24) is 9.97 Å². The van der Waals surface area contributed by atoms with Gasteiger partial charge in [-0.3, -0.25) is 19.5 Å². The zero-order valence-corrected chi connectivity index (χ0v) is 21.0. The highest BCUT2D eigenvalue weighted by atomic mass is 32.1. The number of esters is 1. The van der Waals surface area contributed by atoms with Crippen LogP contribution in [0.4, 0.5) is 5.13 Å². The number of Topliss-reactive ketones (excluding diaryl/α,β-unsaturated/α-hetero) is 1. The van der Waals surface area contributed by atoms with E-state index in [2.05, 4.69) is 9.97 Å². The quantitative estimate of drug-likeness (QED) is 0.218. The number of aryl methyl sites for hydroxylation is 1. The first-order chi connectivity index (χ1) is 17.2. The molecular weight excluding hydrogens is 482 g/mol. The van der Waals surface area contributed by atoms with Gasteiger partial charge in [-0.25, -0.2) is 9.78 Å². The third-order valence-electron chi connectivity index (χ3n) is 5.52. The van der Waals surface area contributed by atoms with Crippen molar-refractivity contribution in [2.75, 3.05) is 18.6 Å². The summed E-state index contributed by atoms with van der Waals surface area (Å²) in [4.78, 5) is 48.5. The van der Waals surface area contributed by atoms with Gasteiger partial charge in [-0.1, -0.05) is 31.3 Å². The van der Waals surface area contributed by atoms with Crippen LogP contribution < -0.4 is 9.64 Å². The molecule has 1 aromatic carbocycles. The average Bonchev–Trinajstić information content (AvgIpc) is 3.39. The minimum atomic E-state index is -0.994. The third kappa shape index (κ3) is 4.72. The topological polar surface area (TPSA) is 119 Å². The van der Waals surface area contributed by atoms with Crippen LogP contribution in [-0.4, -0.2) is 46.5 Å². The van der Waals surface area contributed by atoms with Gasteiger partial charge in [0.1, 0.15) is 16.4 Å². The second-order valence-corrected chi connectivity index (χ2v) is 9.56. The van der Waals surface area contributed by atoms with E-state index in [0.717, 1.165) is 11.3 Å². The first-order valence-corrected chi connectivity index (χ1v) is 12.0. The van der Waals surface area contributed by atoms with Crippen LogP contribution in [0, 0.1) is 12.8 Å². The number of aliphatic hydroxyl groups excluding tert-OH is 1. The zero-order chi connectivity index (χ0) is 26.0. The van der Waals surface area contributed by atoms with Crippen LogP contribution >= 0.6 is 11.3 Å². The molecule has 186 valence electrons. The van der Waals surface area contributed by atoms with Crippen molar-refractivity contribution in [2.45, 2.75) is 26.8 Å². The lowest BCUT2D eigenvalue weighted by atomic mass is 9.96. The molecule has 0 spiro atoms. The predicted molar refractivity (Wildman–Crippen MR) is 134 cm³/mol. The number of benzene rings is 1. The minimum absolute atomic E-state index is 0.101. The summed E-state index contributed by atoms with van der Waals surface area (Å²) in [6, 6.07) is 9.02. The number of rotatable bonds is 7. The van der Waals surface area contributed by atoms with E-state index in [1.165, 1.54) is 18.2 Å². The first-order valence-electron chi connectivity index (χ1n) is 11.2. The average molecular weight is 508 g/mol. The van der Waals surface area contributed by atoms with Crippen LogP contribution in [0.1, 0.15) is 46.4 Å². The highest BCUT2D eigenvalue weighted by Gasteiger charge is 2.48. The highest BCUT2D eigenvalue weighted by Crippen LogP contribution is 2.43. The SMILES string of the molecule is COC(=O)c1sc(N2C(=O)C(=O)C(=C(O)c3ccc(OCC(C)C)cc3)C2c2cccnc2)nc1C. The maximum absolute atomic E-state index is 13.2. The Morgan fingerprint density at radius 2 is 1.92 bits per heavy atom. The summed E-state index contributed by atoms with van der Waals surface area (Å²) >= 11 is 0.939. The molecular formula is C26H25N3O6S. The molecule has 1 fully saturated rings. The van der Waals surface area contributed by atoms with Crippen molar-refractivity contribution in [3.05, 3.63) is 76.1 Å². The maximum atomic E-state index is 13.2. The highest BCUT2D eigenvalue weighted by molar-refractivity contribution is 7.17. The second-order valence-electron chi connectivity index (χ2n) is 8.59. The van der Waals surface area contributed by atoms with Gasteiger partial charge in [-0.2, -0.15) is 0 Å². The molecule has 3 aromatic rings. The molecule has 2 aromatic heterocycles. The Morgan fingerprint density at radius 1 is 1.19 bits per heavy atom. The molecule has 0 saturated carbocycles. The number of carbonyl (C=O) groups excluding carboxylic acids is 3. The van der Waals surface area contributed by atoms with Crippen LogP contribution in [-0.2, 0) is 14.3 Å².